The van der Waals surface area contributed by atoms with Crippen LogP contribution in [0.3, 0.4) is 0 Å². The summed E-state index contributed by atoms with van der Waals surface area (Å²) in [5.74, 6) is 0.498. The fourth-order valence-electron chi connectivity index (χ4n) is 1.87. The van der Waals surface area contributed by atoms with Crippen molar-refractivity contribution >= 4 is 23.5 Å². The second kappa shape index (κ2) is 6.53. The van der Waals surface area contributed by atoms with Gasteiger partial charge in [0.25, 0.3) is 0 Å². The summed E-state index contributed by atoms with van der Waals surface area (Å²) in [6, 6.07) is 15.2. The van der Waals surface area contributed by atoms with Crippen molar-refractivity contribution in [1.29, 1.82) is 0 Å². The molecule has 0 atom stereocenters. The number of ketones is 1. The number of benzene rings is 2. The summed E-state index contributed by atoms with van der Waals surface area (Å²) in [7, 11) is 0. The number of halogens is 1. The zero-order valence-electron chi connectivity index (χ0n) is 11.6. The van der Waals surface area contributed by atoms with Gasteiger partial charge in [-0.25, -0.2) is 0 Å². The van der Waals surface area contributed by atoms with E-state index in [0.29, 0.717) is 16.5 Å². The van der Waals surface area contributed by atoms with E-state index in [1.54, 1.807) is 30.3 Å². The highest BCUT2D eigenvalue weighted by atomic mass is 35.5. The zero-order valence-corrected chi connectivity index (χ0v) is 12.4. The second-order valence-electron chi connectivity index (χ2n) is 5.03. The number of carbonyl (C=O) groups is 1. The van der Waals surface area contributed by atoms with Crippen LogP contribution < -0.4 is 0 Å². The number of hydrogen-bond acceptors (Lipinski definition) is 1. The summed E-state index contributed by atoms with van der Waals surface area (Å²) in [6.07, 6.45) is 3.43. The molecule has 102 valence electrons. The Labute approximate surface area is 124 Å². The average Bonchev–Trinajstić information content (AvgIpc) is 2.46. The lowest BCUT2D eigenvalue weighted by molar-refractivity contribution is 0.104. The molecular formula is C18H17ClO. The highest BCUT2D eigenvalue weighted by molar-refractivity contribution is 6.30. The highest BCUT2D eigenvalue weighted by Gasteiger charge is 2.01. The summed E-state index contributed by atoms with van der Waals surface area (Å²) < 4.78 is 0. The molecule has 1 nitrogen and oxygen atoms in total. The van der Waals surface area contributed by atoms with E-state index in [9.17, 15) is 4.79 Å². The Morgan fingerprint density at radius 2 is 1.60 bits per heavy atom. The van der Waals surface area contributed by atoms with E-state index in [1.807, 2.05) is 18.2 Å². The predicted octanol–water partition coefficient (Wildman–Crippen LogP) is 5.36. The molecule has 0 fully saturated rings. The van der Waals surface area contributed by atoms with Crippen LogP contribution in [0.4, 0.5) is 0 Å². The average molecular weight is 285 g/mol. The molecule has 0 spiro atoms. The lowest BCUT2D eigenvalue weighted by Crippen LogP contribution is -1.93. The Balaban J connectivity index is 2.08. The van der Waals surface area contributed by atoms with Gasteiger partial charge in [-0.05, 0) is 47.4 Å². The molecule has 2 aromatic carbocycles. The maximum Gasteiger partial charge on any atom is 0.185 e. The molecule has 0 saturated carbocycles. The molecule has 0 radical (unpaired) electrons. The first-order valence-corrected chi connectivity index (χ1v) is 7.02. The van der Waals surface area contributed by atoms with E-state index in [0.717, 1.165) is 5.56 Å². The standard InChI is InChI=1S/C18H17ClO/c1-13(2)15-6-3-14(4-7-15)5-12-18(20)16-8-10-17(19)11-9-16/h3-13H,1-2H3. The molecule has 0 aliphatic heterocycles. The lowest BCUT2D eigenvalue weighted by atomic mass is 10.0. The first-order valence-electron chi connectivity index (χ1n) is 6.64. The van der Waals surface area contributed by atoms with Gasteiger partial charge in [-0.1, -0.05) is 55.8 Å². The maximum atomic E-state index is 12.0. The van der Waals surface area contributed by atoms with Crippen LogP contribution in [0.15, 0.2) is 54.6 Å². The molecule has 2 heteroatoms. The highest BCUT2D eigenvalue weighted by Crippen LogP contribution is 2.16. The Hall–Kier alpha value is -1.86. The minimum Gasteiger partial charge on any atom is -0.289 e. The predicted molar refractivity (Wildman–Crippen MR) is 85.3 cm³/mol. The van der Waals surface area contributed by atoms with Crippen molar-refractivity contribution in [3.05, 3.63) is 76.3 Å². The summed E-state index contributed by atoms with van der Waals surface area (Å²) >= 11 is 5.80. The van der Waals surface area contributed by atoms with E-state index < -0.39 is 0 Å². The largest absolute Gasteiger partial charge is 0.289 e. The fraction of sp³-hybridized carbons (Fsp3) is 0.167. The van der Waals surface area contributed by atoms with Gasteiger partial charge in [0.15, 0.2) is 5.78 Å². The van der Waals surface area contributed by atoms with Crippen LogP contribution >= 0.6 is 11.6 Å². The fourth-order valence-corrected chi connectivity index (χ4v) is 2.00. The van der Waals surface area contributed by atoms with Crippen molar-refractivity contribution in [3.8, 4) is 0 Å². The molecule has 0 saturated heterocycles. The number of carbonyl (C=O) groups excluding carboxylic acids is 1. The topological polar surface area (TPSA) is 17.1 Å². The molecule has 0 aliphatic rings. The van der Waals surface area contributed by atoms with Crippen molar-refractivity contribution in [2.75, 3.05) is 0 Å². The Bertz CT molecular complexity index is 607. The third-order valence-electron chi connectivity index (χ3n) is 3.16. The number of hydrogen-bond donors (Lipinski definition) is 0. The van der Waals surface area contributed by atoms with Gasteiger partial charge in [0.1, 0.15) is 0 Å². The van der Waals surface area contributed by atoms with Crippen molar-refractivity contribution < 1.29 is 4.79 Å². The summed E-state index contributed by atoms with van der Waals surface area (Å²) in [6.45, 7) is 4.32. The molecule has 2 aromatic rings. The Morgan fingerprint density at radius 3 is 2.15 bits per heavy atom. The first-order chi connectivity index (χ1) is 9.56. The van der Waals surface area contributed by atoms with Crippen LogP contribution in [0.5, 0.6) is 0 Å². The zero-order chi connectivity index (χ0) is 14.5. The van der Waals surface area contributed by atoms with E-state index >= 15 is 0 Å². The molecule has 0 amide bonds. The SMILES string of the molecule is CC(C)c1ccc(C=CC(=O)c2ccc(Cl)cc2)cc1. The quantitative estimate of drug-likeness (QED) is 0.546. The smallest absolute Gasteiger partial charge is 0.185 e. The van der Waals surface area contributed by atoms with Crippen LogP contribution in [-0.4, -0.2) is 5.78 Å². The van der Waals surface area contributed by atoms with Gasteiger partial charge in [-0.3, -0.25) is 4.79 Å². The van der Waals surface area contributed by atoms with E-state index in [-0.39, 0.29) is 5.78 Å². The third kappa shape index (κ3) is 3.82. The molecule has 0 N–H and O–H groups in total. The van der Waals surface area contributed by atoms with Gasteiger partial charge in [-0.15, -0.1) is 0 Å². The van der Waals surface area contributed by atoms with E-state index in [2.05, 4.69) is 26.0 Å². The molecule has 20 heavy (non-hydrogen) atoms. The summed E-state index contributed by atoms with van der Waals surface area (Å²) in [5, 5.41) is 0.634. The van der Waals surface area contributed by atoms with Gasteiger partial charge >= 0.3 is 0 Å². The monoisotopic (exact) mass is 284 g/mol. The Kier molecular flexibility index (Phi) is 4.75. The molecule has 0 bridgehead atoms. The van der Waals surface area contributed by atoms with Gasteiger partial charge in [0, 0.05) is 10.6 Å². The normalized spacial score (nSPS) is 11.2. The summed E-state index contributed by atoms with van der Waals surface area (Å²) in [5.41, 5.74) is 2.97. The minimum atomic E-state index is -0.0189. The van der Waals surface area contributed by atoms with Gasteiger partial charge in [-0.2, -0.15) is 0 Å². The molecular weight excluding hydrogens is 268 g/mol. The van der Waals surface area contributed by atoms with Crippen molar-refractivity contribution in [2.45, 2.75) is 19.8 Å². The van der Waals surface area contributed by atoms with Gasteiger partial charge < -0.3 is 0 Å². The van der Waals surface area contributed by atoms with Crippen LogP contribution in [0.2, 0.25) is 5.02 Å². The van der Waals surface area contributed by atoms with Crippen LogP contribution in [0.1, 0.15) is 41.3 Å². The summed E-state index contributed by atoms with van der Waals surface area (Å²) in [4.78, 5) is 12.0. The van der Waals surface area contributed by atoms with Crippen molar-refractivity contribution in [2.24, 2.45) is 0 Å². The van der Waals surface area contributed by atoms with Crippen LogP contribution in [0.25, 0.3) is 6.08 Å². The first kappa shape index (κ1) is 14.5. The van der Waals surface area contributed by atoms with E-state index in [4.69, 9.17) is 11.6 Å². The van der Waals surface area contributed by atoms with Crippen molar-refractivity contribution in [3.63, 3.8) is 0 Å². The van der Waals surface area contributed by atoms with Crippen LogP contribution in [-0.2, 0) is 0 Å². The molecule has 2 rings (SSSR count). The lowest BCUT2D eigenvalue weighted by Gasteiger charge is -2.04. The molecule has 0 aliphatic carbocycles. The van der Waals surface area contributed by atoms with E-state index in [1.165, 1.54) is 5.56 Å². The number of allylic oxidation sites excluding steroid dienone is 1. The molecule has 0 unspecified atom stereocenters. The van der Waals surface area contributed by atoms with Gasteiger partial charge in [0.05, 0.1) is 0 Å². The van der Waals surface area contributed by atoms with Gasteiger partial charge in [0.2, 0.25) is 0 Å². The Morgan fingerprint density at radius 1 is 1.00 bits per heavy atom. The van der Waals surface area contributed by atoms with Crippen molar-refractivity contribution in [1.82, 2.24) is 0 Å². The molecule has 0 aromatic heterocycles. The molecule has 0 heterocycles. The number of rotatable bonds is 4. The second-order valence-corrected chi connectivity index (χ2v) is 5.46. The third-order valence-corrected chi connectivity index (χ3v) is 3.41. The minimum absolute atomic E-state index is 0.0189. The maximum absolute atomic E-state index is 12.0. The van der Waals surface area contributed by atoms with Crippen LogP contribution in [0, 0.1) is 0 Å².